The van der Waals surface area contributed by atoms with Crippen LogP contribution in [-0.4, -0.2) is 29.8 Å². The summed E-state index contributed by atoms with van der Waals surface area (Å²) >= 11 is 0. The van der Waals surface area contributed by atoms with Gasteiger partial charge in [0.15, 0.2) is 0 Å². The summed E-state index contributed by atoms with van der Waals surface area (Å²) in [5.41, 5.74) is 0.605. The topological polar surface area (TPSA) is 49.4 Å². The van der Waals surface area contributed by atoms with E-state index in [9.17, 15) is 22.8 Å². The molecule has 0 spiro atoms. The minimum Gasteiger partial charge on any atom is -0.342 e. The largest absolute Gasteiger partial charge is 0.416 e. The van der Waals surface area contributed by atoms with Crippen LogP contribution in [0.1, 0.15) is 24.5 Å². The standard InChI is InChI=1S/C20H21F3N2O2/c1-15(26)25(13-11-16-5-3-2-4-6-16)14-12-19(27)24-18-9-7-17(8-10-18)20(21,22)23/h2-10H,11-14H2,1H3,(H,24,27). The van der Waals surface area contributed by atoms with E-state index in [0.29, 0.717) is 13.0 Å². The summed E-state index contributed by atoms with van der Waals surface area (Å²) in [5.74, 6) is -0.492. The number of hydrogen-bond acceptors (Lipinski definition) is 2. The number of amides is 2. The molecule has 0 saturated carbocycles. The number of carbonyl (C=O) groups is 2. The van der Waals surface area contributed by atoms with E-state index in [-0.39, 0.29) is 30.5 Å². The van der Waals surface area contributed by atoms with E-state index in [0.717, 1.165) is 17.7 Å². The molecular formula is C20H21F3N2O2. The number of carbonyl (C=O) groups excluding carboxylic acids is 2. The molecule has 2 rings (SSSR count). The van der Waals surface area contributed by atoms with Crippen molar-refractivity contribution in [3.63, 3.8) is 0 Å². The van der Waals surface area contributed by atoms with Gasteiger partial charge in [0.25, 0.3) is 0 Å². The Morgan fingerprint density at radius 1 is 0.963 bits per heavy atom. The van der Waals surface area contributed by atoms with E-state index in [4.69, 9.17) is 0 Å². The number of benzene rings is 2. The first-order valence-electron chi connectivity index (χ1n) is 8.52. The Hall–Kier alpha value is -2.83. The normalized spacial score (nSPS) is 11.1. The molecule has 0 unspecified atom stereocenters. The zero-order chi connectivity index (χ0) is 19.9. The van der Waals surface area contributed by atoms with Crippen LogP contribution in [0.4, 0.5) is 18.9 Å². The molecule has 0 bridgehead atoms. The molecule has 0 atom stereocenters. The first-order valence-corrected chi connectivity index (χ1v) is 8.52. The van der Waals surface area contributed by atoms with Gasteiger partial charge in [-0.2, -0.15) is 13.2 Å². The van der Waals surface area contributed by atoms with Crippen molar-refractivity contribution in [2.75, 3.05) is 18.4 Å². The number of halogens is 3. The Labute approximate surface area is 156 Å². The zero-order valence-corrected chi connectivity index (χ0v) is 14.9. The molecule has 0 radical (unpaired) electrons. The lowest BCUT2D eigenvalue weighted by molar-refractivity contribution is -0.137. The summed E-state index contributed by atoms with van der Waals surface area (Å²) in [5, 5.41) is 2.54. The third-order valence-electron chi connectivity index (χ3n) is 4.06. The maximum absolute atomic E-state index is 12.5. The van der Waals surface area contributed by atoms with Gasteiger partial charge in [0.05, 0.1) is 5.56 Å². The van der Waals surface area contributed by atoms with Gasteiger partial charge in [0.2, 0.25) is 11.8 Å². The maximum atomic E-state index is 12.5. The lowest BCUT2D eigenvalue weighted by atomic mass is 10.1. The van der Waals surface area contributed by atoms with Crippen LogP contribution in [0.3, 0.4) is 0 Å². The summed E-state index contributed by atoms with van der Waals surface area (Å²) in [7, 11) is 0. The number of nitrogens with zero attached hydrogens (tertiary/aromatic N) is 1. The van der Waals surface area contributed by atoms with Crippen LogP contribution in [0.5, 0.6) is 0 Å². The highest BCUT2D eigenvalue weighted by Crippen LogP contribution is 2.29. The number of nitrogens with one attached hydrogen (secondary N) is 1. The molecule has 0 aliphatic heterocycles. The second-order valence-corrected chi connectivity index (χ2v) is 6.11. The zero-order valence-electron chi connectivity index (χ0n) is 14.9. The Morgan fingerprint density at radius 3 is 2.15 bits per heavy atom. The van der Waals surface area contributed by atoms with Crippen molar-refractivity contribution in [1.29, 1.82) is 0 Å². The first-order chi connectivity index (χ1) is 12.8. The van der Waals surface area contributed by atoms with Gasteiger partial charge in [-0.15, -0.1) is 0 Å². The minimum atomic E-state index is -4.41. The Balaban J connectivity index is 1.83. The fourth-order valence-corrected chi connectivity index (χ4v) is 2.54. The van der Waals surface area contributed by atoms with Crippen molar-refractivity contribution in [1.82, 2.24) is 4.90 Å². The van der Waals surface area contributed by atoms with Gasteiger partial charge in [-0.1, -0.05) is 30.3 Å². The van der Waals surface area contributed by atoms with E-state index in [1.807, 2.05) is 30.3 Å². The molecule has 2 aromatic rings. The van der Waals surface area contributed by atoms with Gasteiger partial charge in [-0.3, -0.25) is 9.59 Å². The lowest BCUT2D eigenvalue weighted by Crippen LogP contribution is -2.33. The second-order valence-electron chi connectivity index (χ2n) is 6.11. The Kier molecular flexibility index (Phi) is 6.98. The summed E-state index contributed by atoms with van der Waals surface area (Å²) in [6.07, 6.45) is -3.67. The summed E-state index contributed by atoms with van der Waals surface area (Å²) in [6, 6.07) is 13.9. The third kappa shape index (κ3) is 6.77. The molecule has 0 aliphatic carbocycles. The molecule has 1 N–H and O–H groups in total. The second kappa shape index (κ2) is 9.21. The monoisotopic (exact) mass is 378 g/mol. The van der Waals surface area contributed by atoms with Gasteiger partial charge >= 0.3 is 6.18 Å². The molecule has 144 valence electrons. The van der Waals surface area contributed by atoms with Crippen LogP contribution in [0.25, 0.3) is 0 Å². The third-order valence-corrected chi connectivity index (χ3v) is 4.06. The van der Waals surface area contributed by atoms with Gasteiger partial charge in [-0.05, 0) is 36.2 Å². The van der Waals surface area contributed by atoms with Crippen molar-refractivity contribution in [2.45, 2.75) is 25.9 Å². The quantitative estimate of drug-likeness (QED) is 0.788. The summed E-state index contributed by atoms with van der Waals surface area (Å²) in [4.78, 5) is 25.4. The molecule has 7 heteroatoms. The predicted octanol–water partition coefficient (Wildman–Crippen LogP) is 4.13. The molecule has 2 amide bonds. The van der Waals surface area contributed by atoms with E-state index < -0.39 is 11.7 Å². The Bertz CT molecular complexity index is 759. The molecular weight excluding hydrogens is 357 g/mol. The van der Waals surface area contributed by atoms with Gasteiger partial charge in [0.1, 0.15) is 0 Å². The molecule has 0 fully saturated rings. The SMILES string of the molecule is CC(=O)N(CCC(=O)Nc1ccc(C(F)(F)F)cc1)CCc1ccccc1. The van der Waals surface area contributed by atoms with Crippen molar-refractivity contribution in [3.05, 3.63) is 65.7 Å². The van der Waals surface area contributed by atoms with E-state index in [1.54, 1.807) is 4.90 Å². The van der Waals surface area contributed by atoms with E-state index in [1.165, 1.54) is 19.1 Å². The smallest absolute Gasteiger partial charge is 0.342 e. The summed E-state index contributed by atoms with van der Waals surface area (Å²) in [6.45, 7) is 2.18. The van der Waals surface area contributed by atoms with Crippen molar-refractivity contribution in [2.24, 2.45) is 0 Å². The number of rotatable bonds is 7. The summed E-state index contributed by atoms with van der Waals surface area (Å²) < 4.78 is 37.6. The molecule has 0 saturated heterocycles. The average molecular weight is 378 g/mol. The highest BCUT2D eigenvalue weighted by Gasteiger charge is 2.29. The average Bonchev–Trinajstić information content (AvgIpc) is 2.62. The molecule has 0 heterocycles. The van der Waals surface area contributed by atoms with Crippen molar-refractivity contribution in [3.8, 4) is 0 Å². The minimum absolute atomic E-state index is 0.0649. The van der Waals surface area contributed by atoms with Crippen LogP contribution in [0.2, 0.25) is 0 Å². The first kappa shape index (κ1) is 20.5. The van der Waals surface area contributed by atoms with Crippen LogP contribution < -0.4 is 5.32 Å². The van der Waals surface area contributed by atoms with E-state index >= 15 is 0 Å². The maximum Gasteiger partial charge on any atom is 0.416 e. The van der Waals surface area contributed by atoms with Gasteiger partial charge in [-0.25, -0.2) is 0 Å². The van der Waals surface area contributed by atoms with Crippen LogP contribution in [0.15, 0.2) is 54.6 Å². The molecule has 27 heavy (non-hydrogen) atoms. The van der Waals surface area contributed by atoms with E-state index in [2.05, 4.69) is 5.32 Å². The molecule has 0 aliphatic rings. The number of alkyl halides is 3. The highest BCUT2D eigenvalue weighted by atomic mass is 19.4. The molecule has 4 nitrogen and oxygen atoms in total. The predicted molar refractivity (Wildman–Crippen MR) is 97.1 cm³/mol. The van der Waals surface area contributed by atoms with Crippen LogP contribution in [-0.2, 0) is 22.2 Å². The molecule has 0 aromatic heterocycles. The number of hydrogen-bond donors (Lipinski definition) is 1. The van der Waals surface area contributed by atoms with Crippen LogP contribution in [0, 0.1) is 0 Å². The fraction of sp³-hybridized carbons (Fsp3) is 0.300. The van der Waals surface area contributed by atoms with Gasteiger partial charge in [0, 0.05) is 32.1 Å². The highest BCUT2D eigenvalue weighted by molar-refractivity contribution is 5.91. The van der Waals surface area contributed by atoms with Crippen molar-refractivity contribution >= 4 is 17.5 Å². The molecule has 2 aromatic carbocycles. The van der Waals surface area contributed by atoms with Crippen molar-refractivity contribution < 1.29 is 22.8 Å². The Morgan fingerprint density at radius 2 is 1.59 bits per heavy atom. The van der Waals surface area contributed by atoms with Crippen LogP contribution >= 0.6 is 0 Å². The number of anilines is 1. The lowest BCUT2D eigenvalue weighted by Gasteiger charge is -2.21. The van der Waals surface area contributed by atoms with Gasteiger partial charge < -0.3 is 10.2 Å². The fourth-order valence-electron chi connectivity index (χ4n) is 2.54.